The minimum atomic E-state index is 0.326. The lowest BCUT2D eigenvalue weighted by Gasteiger charge is -2.06. The van der Waals surface area contributed by atoms with Crippen LogP contribution in [-0.4, -0.2) is 29.1 Å². The normalized spacial score (nSPS) is 10.4. The maximum Gasteiger partial charge on any atom is 0.321 e. The van der Waals surface area contributed by atoms with E-state index in [0.29, 0.717) is 17.1 Å². The van der Waals surface area contributed by atoms with Crippen LogP contribution in [0.25, 0.3) is 0 Å². The van der Waals surface area contributed by atoms with Gasteiger partial charge >= 0.3 is 6.01 Å². The Kier molecular flexibility index (Phi) is 4.79. The zero-order valence-corrected chi connectivity index (χ0v) is 12.9. The van der Waals surface area contributed by atoms with Crippen molar-refractivity contribution in [2.75, 3.05) is 19.5 Å². The Balaban J connectivity index is 2.13. The maximum atomic E-state index is 5.07. The molecule has 0 aliphatic carbocycles. The monoisotopic (exact) mass is 290 g/mol. The van der Waals surface area contributed by atoms with Gasteiger partial charge in [0, 0.05) is 12.8 Å². The minimum Gasteiger partial charge on any atom is -0.467 e. The van der Waals surface area contributed by atoms with Crippen molar-refractivity contribution in [3.05, 3.63) is 34.9 Å². The van der Waals surface area contributed by atoms with Crippen molar-refractivity contribution in [2.45, 2.75) is 24.8 Å². The molecule has 1 aromatic heterocycles. The molecule has 106 valence electrons. The van der Waals surface area contributed by atoms with E-state index in [9.17, 15) is 0 Å². The fourth-order valence-electron chi connectivity index (χ4n) is 1.91. The largest absolute Gasteiger partial charge is 0.467 e. The van der Waals surface area contributed by atoms with Crippen molar-refractivity contribution in [2.24, 2.45) is 0 Å². The maximum absolute atomic E-state index is 5.07. The molecule has 0 bridgehead atoms. The third-order valence-corrected chi connectivity index (χ3v) is 3.57. The number of aryl methyl sites for hydroxylation is 2. The molecule has 5 nitrogen and oxygen atoms in total. The van der Waals surface area contributed by atoms with E-state index in [4.69, 9.17) is 4.74 Å². The second-order valence-electron chi connectivity index (χ2n) is 4.46. The Morgan fingerprint density at radius 2 is 1.80 bits per heavy atom. The fraction of sp³-hybridized carbons (Fsp3) is 0.357. The number of aromatic nitrogens is 3. The number of anilines is 1. The van der Waals surface area contributed by atoms with E-state index in [-0.39, 0.29) is 0 Å². The van der Waals surface area contributed by atoms with Gasteiger partial charge < -0.3 is 10.1 Å². The predicted molar refractivity (Wildman–Crippen MR) is 81.4 cm³/mol. The Morgan fingerprint density at radius 1 is 1.10 bits per heavy atom. The highest BCUT2D eigenvalue weighted by Crippen LogP contribution is 2.22. The number of thioether (sulfide) groups is 1. The number of hydrogen-bond acceptors (Lipinski definition) is 6. The van der Waals surface area contributed by atoms with E-state index in [1.54, 1.807) is 25.9 Å². The fourth-order valence-corrected chi connectivity index (χ4v) is 2.66. The summed E-state index contributed by atoms with van der Waals surface area (Å²) in [6, 6.07) is 6.85. The van der Waals surface area contributed by atoms with Gasteiger partial charge in [-0.25, -0.2) is 0 Å². The zero-order chi connectivity index (χ0) is 14.5. The van der Waals surface area contributed by atoms with Crippen LogP contribution in [0.2, 0.25) is 0 Å². The molecule has 0 atom stereocenters. The van der Waals surface area contributed by atoms with Gasteiger partial charge in [0.1, 0.15) is 0 Å². The third kappa shape index (κ3) is 3.84. The number of nitrogens with one attached hydrogen (secondary N) is 1. The molecule has 1 aromatic carbocycles. The number of hydrogen-bond donors (Lipinski definition) is 1. The second kappa shape index (κ2) is 6.56. The SMILES string of the molecule is CNc1nc(OC)nc(SCc2cc(C)cc(C)c2)n1. The van der Waals surface area contributed by atoms with E-state index in [1.165, 1.54) is 16.7 Å². The molecule has 2 aromatic rings. The first-order valence-electron chi connectivity index (χ1n) is 6.28. The van der Waals surface area contributed by atoms with Gasteiger partial charge in [0.05, 0.1) is 7.11 Å². The molecule has 0 saturated heterocycles. The Morgan fingerprint density at radius 3 is 2.40 bits per heavy atom. The minimum absolute atomic E-state index is 0.326. The topological polar surface area (TPSA) is 59.9 Å². The first-order chi connectivity index (χ1) is 9.60. The number of ether oxygens (including phenoxy) is 1. The summed E-state index contributed by atoms with van der Waals surface area (Å²) < 4.78 is 5.07. The molecule has 1 heterocycles. The summed E-state index contributed by atoms with van der Waals surface area (Å²) in [5.74, 6) is 1.33. The van der Waals surface area contributed by atoms with Gasteiger partial charge in [0.25, 0.3) is 0 Å². The highest BCUT2D eigenvalue weighted by Gasteiger charge is 2.07. The summed E-state index contributed by atoms with van der Waals surface area (Å²) in [6.45, 7) is 4.21. The Bertz CT molecular complexity index is 561. The molecular formula is C14H18N4OS. The molecule has 2 rings (SSSR count). The molecule has 0 aliphatic rings. The van der Waals surface area contributed by atoms with Crippen LogP contribution in [0.4, 0.5) is 5.95 Å². The molecule has 0 spiro atoms. The van der Waals surface area contributed by atoms with Crippen molar-refractivity contribution in [1.82, 2.24) is 15.0 Å². The number of methoxy groups -OCH3 is 1. The van der Waals surface area contributed by atoms with Crippen LogP contribution < -0.4 is 10.1 Å². The second-order valence-corrected chi connectivity index (χ2v) is 5.41. The van der Waals surface area contributed by atoms with Crippen LogP contribution in [0.3, 0.4) is 0 Å². The van der Waals surface area contributed by atoms with Crippen molar-refractivity contribution in [3.63, 3.8) is 0 Å². The molecule has 6 heteroatoms. The summed E-state index contributed by atoms with van der Waals surface area (Å²) in [5.41, 5.74) is 3.80. The average molecular weight is 290 g/mol. The van der Waals surface area contributed by atoms with Crippen LogP contribution in [0.15, 0.2) is 23.4 Å². The van der Waals surface area contributed by atoms with Gasteiger partial charge in [-0.3, -0.25) is 0 Å². The highest BCUT2D eigenvalue weighted by molar-refractivity contribution is 7.98. The number of rotatable bonds is 5. The summed E-state index contributed by atoms with van der Waals surface area (Å²) in [6.07, 6.45) is 0. The van der Waals surface area contributed by atoms with Gasteiger partial charge in [-0.1, -0.05) is 41.1 Å². The average Bonchev–Trinajstić information content (AvgIpc) is 2.43. The van der Waals surface area contributed by atoms with Crippen molar-refractivity contribution in [1.29, 1.82) is 0 Å². The van der Waals surface area contributed by atoms with Gasteiger partial charge in [0.15, 0.2) is 5.16 Å². The van der Waals surface area contributed by atoms with Crippen LogP contribution >= 0.6 is 11.8 Å². The number of benzene rings is 1. The molecular weight excluding hydrogens is 272 g/mol. The van der Waals surface area contributed by atoms with Crippen molar-refractivity contribution >= 4 is 17.7 Å². The highest BCUT2D eigenvalue weighted by atomic mass is 32.2. The molecule has 0 radical (unpaired) electrons. The Hall–Kier alpha value is -1.82. The van der Waals surface area contributed by atoms with E-state index < -0.39 is 0 Å². The summed E-state index contributed by atoms with van der Waals surface area (Å²) in [7, 11) is 3.32. The van der Waals surface area contributed by atoms with Gasteiger partial charge in [0.2, 0.25) is 5.95 Å². The van der Waals surface area contributed by atoms with Gasteiger partial charge in [-0.2, -0.15) is 15.0 Å². The predicted octanol–water partition coefficient (Wildman–Crippen LogP) is 2.83. The molecule has 1 N–H and O–H groups in total. The van der Waals surface area contributed by atoms with E-state index in [1.807, 2.05) is 0 Å². The number of nitrogens with zero attached hydrogens (tertiary/aromatic N) is 3. The lowest BCUT2D eigenvalue weighted by Crippen LogP contribution is -2.02. The third-order valence-electron chi connectivity index (χ3n) is 2.65. The standard InChI is InChI=1S/C14H18N4OS/c1-9-5-10(2)7-11(6-9)8-20-14-17-12(15-3)16-13(18-14)19-4/h5-7H,8H2,1-4H3,(H,15,16,17,18). The molecule has 0 saturated carbocycles. The van der Waals surface area contributed by atoms with E-state index in [0.717, 1.165) is 5.75 Å². The molecule has 0 unspecified atom stereocenters. The van der Waals surface area contributed by atoms with Crippen LogP contribution in [-0.2, 0) is 5.75 Å². The van der Waals surface area contributed by atoms with Gasteiger partial charge in [-0.15, -0.1) is 0 Å². The molecule has 20 heavy (non-hydrogen) atoms. The van der Waals surface area contributed by atoms with Crippen molar-refractivity contribution in [3.8, 4) is 6.01 Å². The van der Waals surface area contributed by atoms with Crippen LogP contribution in [0.5, 0.6) is 6.01 Å². The lowest BCUT2D eigenvalue weighted by atomic mass is 10.1. The molecule has 0 aliphatic heterocycles. The first kappa shape index (κ1) is 14.6. The molecule has 0 amide bonds. The smallest absolute Gasteiger partial charge is 0.321 e. The Labute approximate surface area is 123 Å². The molecule has 0 fully saturated rings. The first-order valence-corrected chi connectivity index (χ1v) is 7.27. The van der Waals surface area contributed by atoms with Gasteiger partial charge in [-0.05, 0) is 19.4 Å². The van der Waals surface area contributed by atoms with Crippen molar-refractivity contribution < 1.29 is 4.74 Å². The lowest BCUT2D eigenvalue weighted by molar-refractivity contribution is 0.374. The quantitative estimate of drug-likeness (QED) is 0.854. The summed E-state index contributed by atoms with van der Waals surface area (Å²) >= 11 is 1.57. The zero-order valence-electron chi connectivity index (χ0n) is 12.1. The van der Waals surface area contributed by atoms with Crippen LogP contribution in [0, 0.1) is 13.8 Å². The summed E-state index contributed by atoms with van der Waals surface area (Å²) in [4.78, 5) is 12.6. The van der Waals surface area contributed by atoms with E-state index in [2.05, 4.69) is 52.3 Å². The van der Waals surface area contributed by atoms with Crippen LogP contribution in [0.1, 0.15) is 16.7 Å². The van der Waals surface area contributed by atoms with E-state index >= 15 is 0 Å². The summed E-state index contributed by atoms with van der Waals surface area (Å²) in [5, 5.41) is 3.56.